The van der Waals surface area contributed by atoms with Gasteiger partial charge in [-0.2, -0.15) is 0 Å². The van der Waals surface area contributed by atoms with E-state index in [0.29, 0.717) is 28.1 Å². The van der Waals surface area contributed by atoms with E-state index in [1.807, 2.05) is 91.3 Å². The first-order valence-electron chi connectivity index (χ1n) is 25.8. The van der Waals surface area contributed by atoms with E-state index < -0.39 is 18.2 Å². The Hall–Kier alpha value is -7.04. The molecule has 0 radical (unpaired) electrons. The van der Waals surface area contributed by atoms with Gasteiger partial charge in [0.15, 0.2) is 0 Å². The van der Waals surface area contributed by atoms with Crippen LogP contribution in [-0.2, 0) is 10.8 Å². The van der Waals surface area contributed by atoms with Crippen molar-refractivity contribution >= 4 is 11.0 Å². The number of phenolic OH excluding ortho intramolecular Hbond substituents is 1. The van der Waals surface area contributed by atoms with Crippen molar-refractivity contribution in [1.82, 2.24) is 14.5 Å². The summed E-state index contributed by atoms with van der Waals surface area (Å²) in [6.07, 6.45) is 1.86. The fourth-order valence-electron chi connectivity index (χ4n) is 9.49. The number of imidazole rings is 1. The maximum atomic E-state index is 12.6. The van der Waals surface area contributed by atoms with E-state index in [1.165, 1.54) is 5.56 Å². The van der Waals surface area contributed by atoms with Crippen LogP contribution in [0.4, 0.5) is 0 Å². The topological polar surface area (TPSA) is 50.9 Å². The Morgan fingerprint density at radius 1 is 0.588 bits per heavy atom. The van der Waals surface area contributed by atoms with Gasteiger partial charge in [-0.25, -0.2) is 4.98 Å². The van der Waals surface area contributed by atoms with Gasteiger partial charge in [-0.15, -0.1) is 0 Å². The Kier molecular flexibility index (Phi) is 10.8. The SMILES string of the molecule is [2H]C([2H])([2H])c1cc(-c2c(C(C)C)cccc2C([2H])(C)C)ccc1-n1c(-c2cc(C(C)(C)C)cc(C(C)(C)C)c2O)nc2c(-c3cc(-c4ccccc4)cc(-c4cc(-c5ccc(C)cc5)ccn4)c3)cccc21. The van der Waals surface area contributed by atoms with E-state index in [-0.39, 0.29) is 22.6 Å². The van der Waals surface area contributed by atoms with Crippen LogP contribution in [0.5, 0.6) is 5.75 Å². The number of phenols is 1. The molecule has 0 saturated heterocycles. The number of aromatic hydroxyl groups is 1. The number of aryl methyl sites for hydroxylation is 2. The molecule has 7 aromatic carbocycles. The molecule has 0 fully saturated rings. The number of para-hydroxylation sites is 1. The zero-order chi connectivity index (χ0) is 51.7. The normalized spacial score (nSPS) is 13.4. The van der Waals surface area contributed by atoms with Gasteiger partial charge in [0.2, 0.25) is 0 Å². The van der Waals surface area contributed by atoms with Crippen LogP contribution in [0.3, 0.4) is 0 Å². The molecule has 2 aromatic heterocycles. The second-order valence-corrected chi connectivity index (χ2v) is 21.0. The lowest BCUT2D eigenvalue weighted by Crippen LogP contribution is -2.17. The molecule has 2 heterocycles. The van der Waals surface area contributed by atoms with Gasteiger partial charge in [0.05, 0.1) is 28.0 Å². The standard InChI is InChI=1S/C64H65N3O/c1-39(2)51-20-16-21-52(40(3)4)59(51)46-28-29-57(42(6)32-46)67-58-23-17-22-53(60(58)66-62(67)54-37-50(63(7,8)9)38-55(61(54)68)64(10,11)12)48-33-47(43-18-14-13-15-19-43)34-49(35-48)56-36-45(30-31-65-56)44-26-24-41(5)25-27-44/h13-40,68H,1-12H3/i6D3,39D. The summed E-state index contributed by atoms with van der Waals surface area (Å²) in [6, 6.07) is 51.4. The monoisotopic (exact) mass is 896 g/mol. The van der Waals surface area contributed by atoms with Crippen LogP contribution in [0.2, 0.25) is 0 Å². The Morgan fingerprint density at radius 2 is 1.26 bits per heavy atom. The summed E-state index contributed by atoms with van der Waals surface area (Å²) in [5.41, 5.74) is 15.8. The van der Waals surface area contributed by atoms with Gasteiger partial charge in [-0.1, -0.05) is 172 Å². The van der Waals surface area contributed by atoms with Crippen molar-refractivity contribution in [3.05, 3.63) is 191 Å². The second kappa shape index (κ2) is 17.9. The van der Waals surface area contributed by atoms with Crippen LogP contribution < -0.4 is 0 Å². The molecule has 0 amide bonds. The van der Waals surface area contributed by atoms with Gasteiger partial charge in [0, 0.05) is 28.4 Å². The third-order valence-corrected chi connectivity index (χ3v) is 13.3. The molecule has 1 N–H and O–H groups in total. The molecule has 0 unspecified atom stereocenters. The van der Waals surface area contributed by atoms with Crippen molar-refractivity contribution in [1.29, 1.82) is 0 Å². The first kappa shape index (κ1) is 41.2. The maximum Gasteiger partial charge on any atom is 0.149 e. The van der Waals surface area contributed by atoms with Crippen molar-refractivity contribution < 1.29 is 10.6 Å². The van der Waals surface area contributed by atoms with E-state index in [2.05, 4.69) is 141 Å². The maximum absolute atomic E-state index is 12.6. The fourth-order valence-corrected chi connectivity index (χ4v) is 9.49. The van der Waals surface area contributed by atoms with Crippen molar-refractivity contribution in [3.63, 3.8) is 0 Å². The summed E-state index contributed by atoms with van der Waals surface area (Å²) in [5.74, 6) is -0.319. The number of hydrogen-bond donors (Lipinski definition) is 1. The van der Waals surface area contributed by atoms with Crippen LogP contribution in [0.25, 0.3) is 83.9 Å². The Labute approximate surface area is 410 Å². The Bertz CT molecular complexity index is 3490. The molecule has 0 spiro atoms. The van der Waals surface area contributed by atoms with Crippen LogP contribution >= 0.6 is 0 Å². The number of hydrogen-bond acceptors (Lipinski definition) is 3. The quantitative estimate of drug-likeness (QED) is 0.157. The molecule has 0 aliphatic heterocycles. The molecular formula is C64H65N3O. The fraction of sp³-hybridized carbons (Fsp3) is 0.250. The van der Waals surface area contributed by atoms with Gasteiger partial charge < -0.3 is 5.11 Å². The average Bonchev–Trinajstić information content (AvgIpc) is 3.72. The highest BCUT2D eigenvalue weighted by Gasteiger charge is 2.29. The molecule has 4 heteroatoms. The molecule has 68 heavy (non-hydrogen) atoms. The van der Waals surface area contributed by atoms with Crippen molar-refractivity contribution in [2.24, 2.45) is 0 Å². The Balaban J connectivity index is 1.37. The van der Waals surface area contributed by atoms with Crippen LogP contribution in [0.1, 0.15) is 120 Å². The minimum atomic E-state index is -2.58. The molecule has 0 bridgehead atoms. The zero-order valence-electron chi connectivity index (χ0n) is 45.4. The van der Waals surface area contributed by atoms with E-state index in [1.54, 1.807) is 6.07 Å². The zero-order valence-corrected chi connectivity index (χ0v) is 41.4. The average molecular weight is 896 g/mol. The van der Waals surface area contributed by atoms with Crippen LogP contribution in [0, 0.1) is 13.8 Å². The summed E-state index contributed by atoms with van der Waals surface area (Å²) in [6.45, 7) is 20.3. The van der Waals surface area contributed by atoms with Crippen molar-refractivity contribution in [2.75, 3.05) is 0 Å². The van der Waals surface area contributed by atoms with Crippen LogP contribution in [0.15, 0.2) is 158 Å². The minimum absolute atomic E-state index is 0.0988. The summed E-state index contributed by atoms with van der Waals surface area (Å²) >= 11 is 0. The number of fused-ring (bicyclic) bond motifs is 1. The number of nitrogens with zero attached hydrogens (tertiary/aromatic N) is 3. The van der Waals surface area contributed by atoms with Gasteiger partial charge in [0.25, 0.3) is 0 Å². The second-order valence-electron chi connectivity index (χ2n) is 21.0. The smallest absolute Gasteiger partial charge is 0.149 e. The molecule has 0 saturated carbocycles. The number of pyridine rings is 1. The summed E-state index contributed by atoms with van der Waals surface area (Å²) in [5, 5.41) is 12.6. The first-order chi connectivity index (χ1) is 33.9. The van der Waals surface area contributed by atoms with E-state index >= 15 is 0 Å². The summed E-state index contributed by atoms with van der Waals surface area (Å²) in [4.78, 5) is 10.5. The predicted molar refractivity (Wildman–Crippen MR) is 288 cm³/mol. The van der Waals surface area contributed by atoms with Gasteiger partial charge in [0.1, 0.15) is 11.6 Å². The van der Waals surface area contributed by atoms with Gasteiger partial charge in [-0.3, -0.25) is 9.55 Å². The van der Waals surface area contributed by atoms with Crippen molar-refractivity contribution in [2.45, 2.75) is 106 Å². The number of rotatable bonds is 9. The van der Waals surface area contributed by atoms with Crippen molar-refractivity contribution in [3.8, 4) is 78.6 Å². The number of aromatic nitrogens is 3. The van der Waals surface area contributed by atoms with E-state index in [0.717, 1.165) is 78.0 Å². The summed E-state index contributed by atoms with van der Waals surface area (Å²) in [7, 11) is 0. The summed E-state index contributed by atoms with van der Waals surface area (Å²) < 4.78 is 38.8. The number of benzene rings is 7. The minimum Gasteiger partial charge on any atom is -0.507 e. The Morgan fingerprint density at radius 3 is 1.96 bits per heavy atom. The third-order valence-electron chi connectivity index (χ3n) is 13.3. The molecule has 9 rings (SSSR count). The lowest BCUT2D eigenvalue weighted by Gasteiger charge is -2.27. The molecular weight excluding hydrogens is 827 g/mol. The van der Waals surface area contributed by atoms with Gasteiger partial charge in [-0.05, 0) is 152 Å². The van der Waals surface area contributed by atoms with E-state index in [4.69, 9.17) is 9.97 Å². The van der Waals surface area contributed by atoms with E-state index in [9.17, 15) is 10.6 Å². The molecule has 0 atom stereocenters. The van der Waals surface area contributed by atoms with Crippen LogP contribution in [-0.4, -0.2) is 19.6 Å². The van der Waals surface area contributed by atoms with Gasteiger partial charge >= 0.3 is 0 Å². The largest absolute Gasteiger partial charge is 0.507 e. The molecule has 342 valence electrons. The first-order valence-corrected chi connectivity index (χ1v) is 23.8. The highest BCUT2D eigenvalue weighted by atomic mass is 16.3. The predicted octanol–water partition coefficient (Wildman–Crippen LogP) is 17.6. The molecule has 0 aliphatic rings. The molecule has 9 aromatic rings. The third kappa shape index (κ3) is 8.81. The lowest BCUT2D eigenvalue weighted by atomic mass is 9.79. The highest BCUT2D eigenvalue weighted by molar-refractivity contribution is 5.98. The molecule has 4 nitrogen and oxygen atoms in total. The lowest BCUT2D eigenvalue weighted by molar-refractivity contribution is 0.446. The molecule has 0 aliphatic carbocycles. The highest BCUT2D eigenvalue weighted by Crippen LogP contribution is 2.46.